The Bertz CT molecular complexity index is 1190. The van der Waals surface area contributed by atoms with Gasteiger partial charge in [0.15, 0.2) is 0 Å². The van der Waals surface area contributed by atoms with E-state index in [1.54, 1.807) is 11.3 Å². The summed E-state index contributed by atoms with van der Waals surface area (Å²) in [6, 6.07) is 8.70. The van der Waals surface area contributed by atoms with Gasteiger partial charge in [-0.25, -0.2) is 4.98 Å². The zero-order chi connectivity index (χ0) is 22.2. The molecule has 2 fully saturated rings. The number of nitrogens with one attached hydrogen (secondary N) is 2. The Morgan fingerprint density at radius 1 is 1.12 bits per heavy atom. The van der Waals surface area contributed by atoms with E-state index in [2.05, 4.69) is 58.2 Å². The van der Waals surface area contributed by atoms with Gasteiger partial charge in [-0.3, -0.25) is 19.4 Å². The third kappa shape index (κ3) is 4.62. The van der Waals surface area contributed by atoms with E-state index in [-0.39, 0.29) is 11.5 Å². The van der Waals surface area contributed by atoms with Crippen LogP contribution in [-0.2, 0) is 11.3 Å². The highest BCUT2D eigenvalue weighted by Gasteiger charge is 2.25. The maximum atomic E-state index is 13.0. The van der Waals surface area contributed by atoms with Gasteiger partial charge in [-0.1, -0.05) is 29.8 Å². The number of carbonyl (C=O) groups is 1. The van der Waals surface area contributed by atoms with Crippen molar-refractivity contribution in [3.05, 3.63) is 50.9 Å². The van der Waals surface area contributed by atoms with Gasteiger partial charge < -0.3 is 10.3 Å². The quantitative estimate of drug-likeness (QED) is 0.602. The molecular weight excluding hydrogens is 422 g/mol. The summed E-state index contributed by atoms with van der Waals surface area (Å²) in [6.07, 6.45) is 2.23. The highest BCUT2D eigenvalue weighted by molar-refractivity contribution is 7.19. The number of fused-ring (bicyclic) bond motifs is 1. The summed E-state index contributed by atoms with van der Waals surface area (Å²) >= 11 is 1.58. The number of piperazine rings is 1. The Labute approximate surface area is 191 Å². The molecule has 2 aliphatic rings. The minimum atomic E-state index is -0.0692. The summed E-state index contributed by atoms with van der Waals surface area (Å²) in [5.41, 5.74) is 3.17. The Hall–Kier alpha value is -2.55. The number of carbonyl (C=O) groups excluding carboxylic acids is 1. The molecule has 1 amide bonds. The van der Waals surface area contributed by atoms with Gasteiger partial charge in [0.05, 0.1) is 18.5 Å². The molecule has 32 heavy (non-hydrogen) atoms. The molecule has 0 bridgehead atoms. The van der Waals surface area contributed by atoms with Crippen molar-refractivity contribution >= 4 is 27.5 Å². The minimum absolute atomic E-state index is 0.0692. The summed E-state index contributed by atoms with van der Waals surface area (Å²) in [7, 11) is 0. The highest BCUT2D eigenvalue weighted by atomic mass is 32.1. The van der Waals surface area contributed by atoms with Crippen LogP contribution >= 0.6 is 11.3 Å². The number of hydrogen-bond donors (Lipinski definition) is 2. The van der Waals surface area contributed by atoms with E-state index in [0.29, 0.717) is 30.3 Å². The van der Waals surface area contributed by atoms with Gasteiger partial charge in [0.25, 0.3) is 5.56 Å². The fourth-order valence-electron chi connectivity index (χ4n) is 4.33. The molecule has 3 heterocycles. The maximum Gasteiger partial charge on any atom is 0.260 e. The van der Waals surface area contributed by atoms with Crippen LogP contribution in [0.1, 0.15) is 29.1 Å². The second-order valence-corrected chi connectivity index (χ2v) is 10.2. The first-order chi connectivity index (χ1) is 15.5. The predicted molar refractivity (Wildman–Crippen MR) is 128 cm³/mol. The maximum absolute atomic E-state index is 13.0. The fraction of sp³-hybridized carbons (Fsp3) is 0.458. The molecule has 8 heteroatoms. The normalized spacial score (nSPS) is 17.7. The molecule has 0 radical (unpaired) electrons. The van der Waals surface area contributed by atoms with E-state index in [1.807, 2.05) is 0 Å². The van der Waals surface area contributed by atoms with E-state index in [0.717, 1.165) is 59.9 Å². The molecule has 1 aromatic carbocycles. The lowest BCUT2D eigenvalue weighted by molar-refractivity contribution is -0.122. The summed E-state index contributed by atoms with van der Waals surface area (Å²) in [5.74, 6) is 0.842. The number of hydrogen-bond acceptors (Lipinski definition) is 6. The lowest BCUT2D eigenvalue weighted by atomic mass is 10.0. The second kappa shape index (κ2) is 8.77. The molecule has 0 unspecified atom stereocenters. The number of aryl methyl sites for hydroxylation is 2. The molecule has 168 valence electrons. The third-order valence-electron chi connectivity index (χ3n) is 6.28. The van der Waals surface area contributed by atoms with Crippen LogP contribution in [0.15, 0.2) is 29.1 Å². The largest absolute Gasteiger partial charge is 0.352 e. The third-order valence-corrected chi connectivity index (χ3v) is 7.27. The van der Waals surface area contributed by atoms with Crippen molar-refractivity contribution in [2.75, 3.05) is 32.7 Å². The van der Waals surface area contributed by atoms with Crippen molar-refractivity contribution in [1.29, 1.82) is 0 Å². The van der Waals surface area contributed by atoms with Crippen LogP contribution in [0.3, 0.4) is 0 Å². The summed E-state index contributed by atoms with van der Waals surface area (Å²) in [6.45, 7) is 8.62. The molecule has 1 aliphatic heterocycles. The van der Waals surface area contributed by atoms with Crippen molar-refractivity contribution in [2.45, 2.75) is 39.3 Å². The van der Waals surface area contributed by atoms with Crippen molar-refractivity contribution in [3.63, 3.8) is 0 Å². The molecule has 0 spiro atoms. The molecule has 1 saturated heterocycles. The zero-order valence-corrected chi connectivity index (χ0v) is 19.4. The number of benzene rings is 1. The Kier molecular flexibility index (Phi) is 5.84. The number of nitrogens with zero attached hydrogens (tertiary/aromatic N) is 3. The van der Waals surface area contributed by atoms with Crippen LogP contribution in [-0.4, -0.2) is 64.4 Å². The molecule has 0 atom stereocenters. The number of thiophene rings is 1. The van der Waals surface area contributed by atoms with Crippen molar-refractivity contribution < 1.29 is 4.79 Å². The summed E-state index contributed by atoms with van der Waals surface area (Å²) in [4.78, 5) is 39.3. The van der Waals surface area contributed by atoms with Crippen molar-refractivity contribution in [2.24, 2.45) is 0 Å². The first kappa shape index (κ1) is 21.3. The topological polar surface area (TPSA) is 81.3 Å². The van der Waals surface area contributed by atoms with E-state index in [1.165, 1.54) is 5.56 Å². The lowest BCUT2D eigenvalue weighted by Crippen LogP contribution is -2.49. The van der Waals surface area contributed by atoms with Gasteiger partial charge in [-0.05, 0) is 32.3 Å². The van der Waals surface area contributed by atoms with Gasteiger partial charge in [0, 0.05) is 42.7 Å². The van der Waals surface area contributed by atoms with E-state index in [9.17, 15) is 9.59 Å². The Morgan fingerprint density at radius 2 is 1.81 bits per heavy atom. The molecule has 2 N–H and O–H groups in total. The van der Waals surface area contributed by atoms with Crippen LogP contribution in [0.4, 0.5) is 0 Å². The smallest absolute Gasteiger partial charge is 0.260 e. The van der Waals surface area contributed by atoms with Crippen molar-refractivity contribution in [1.82, 2.24) is 25.1 Å². The number of amides is 1. The first-order valence-electron chi connectivity index (χ1n) is 11.3. The summed E-state index contributed by atoms with van der Waals surface area (Å²) in [5, 5.41) is 3.74. The number of rotatable bonds is 6. The van der Waals surface area contributed by atoms with Crippen LogP contribution < -0.4 is 10.9 Å². The first-order valence-corrected chi connectivity index (χ1v) is 12.1. The van der Waals surface area contributed by atoms with Crippen LogP contribution in [0.5, 0.6) is 0 Å². The fourth-order valence-corrected chi connectivity index (χ4v) is 5.39. The second-order valence-electron chi connectivity index (χ2n) is 8.99. The zero-order valence-electron chi connectivity index (χ0n) is 18.6. The Balaban J connectivity index is 1.27. The predicted octanol–water partition coefficient (Wildman–Crippen LogP) is 2.66. The Morgan fingerprint density at radius 3 is 2.50 bits per heavy atom. The molecular formula is C24H29N5O2S. The average molecular weight is 452 g/mol. The molecule has 5 rings (SSSR count). The SMILES string of the molecule is Cc1ccc(-c2c(C)sc3nc(CN4CCN(CC(=O)NC5CC5)CC4)[nH]c(=O)c23)cc1. The van der Waals surface area contributed by atoms with E-state index >= 15 is 0 Å². The van der Waals surface area contributed by atoms with Gasteiger partial charge in [0.2, 0.25) is 5.91 Å². The molecule has 3 aromatic rings. The van der Waals surface area contributed by atoms with Gasteiger partial charge in [-0.15, -0.1) is 11.3 Å². The standard InChI is InChI=1S/C24H29N5O2S/c1-15-3-5-17(6-4-15)21-16(2)32-24-22(21)23(31)26-19(27-24)13-28-9-11-29(12-10-28)14-20(30)25-18-7-8-18/h3-6,18H,7-14H2,1-2H3,(H,25,30)(H,26,27,31). The molecule has 1 aliphatic carbocycles. The van der Waals surface area contributed by atoms with Gasteiger partial charge >= 0.3 is 0 Å². The molecule has 7 nitrogen and oxygen atoms in total. The van der Waals surface area contributed by atoms with Crippen LogP contribution in [0.2, 0.25) is 0 Å². The van der Waals surface area contributed by atoms with Gasteiger partial charge in [-0.2, -0.15) is 0 Å². The lowest BCUT2D eigenvalue weighted by Gasteiger charge is -2.33. The van der Waals surface area contributed by atoms with E-state index in [4.69, 9.17) is 4.98 Å². The molecule has 1 saturated carbocycles. The van der Waals surface area contributed by atoms with Crippen LogP contribution in [0.25, 0.3) is 21.3 Å². The van der Waals surface area contributed by atoms with Gasteiger partial charge in [0.1, 0.15) is 10.7 Å². The number of aromatic amines is 1. The minimum Gasteiger partial charge on any atom is -0.352 e. The monoisotopic (exact) mass is 451 g/mol. The van der Waals surface area contributed by atoms with E-state index < -0.39 is 0 Å². The molecule has 2 aromatic heterocycles. The number of H-pyrrole nitrogens is 1. The van der Waals surface area contributed by atoms with Crippen molar-refractivity contribution in [3.8, 4) is 11.1 Å². The summed E-state index contributed by atoms with van der Waals surface area (Å²) < 4.78 is 0. The number of aromatic nitrogens is 2. The van der Waals surface area contributed by atoms with Crippen LogP contribution in [0, 0.1) is 13.8 Å². The highest BCUT2D eigenvalue weighted by Crippen LogP contribution is 2.35. The average Bonchev–Trinajstić information content (AvgIpc) is 3.50.